The van der Waals surface area contributed by atoms with Crippen LogP contribution in [0.4, 0.5) is 11.4 Å². The van der Waals surface area contributed by atoms with Crippen molar-refractivity contribution in [2.75, 3.05) is 10.7 Å². The second-order valence-corrected chi connectivity index (χ2v) is 6.12. The van der Waals surface area contributed by atoms with E-state index >= 15 is 0 Å². The maximum absolute atomic E-state index is 12.4. The molecule has 2 aromatic rings. The number of hydrazine groups is 1. The summed E-state index contributed by atoms with van der Waals surface area (Å²) in [5.41, 5.74) is 4.71. The summed E-state index contributed by atoms with van der Waals surface area (Å²) in [4.78, 5) is 12.4. The minimum atomic E-state index is -0.349. The van der Waals surface area contributed by atoms with E-state index < -0.39 is 0 Å². The van der Waals surface area contributed by atoms with Gasteiger partial charge in [0.05, 0.1) is 27.0 Å². The molecule has 110 valence electrons. The molecule has 0 saturated carbocycles. The van der Waals surface area contributed by atoms with Gasteiger partial charge in [0, 0.05) is 4.47 Å². The fourth-order valence-electron chi connectivity index (χ4n) is 1.81. The normalized spacial score (nSPS) is 10.3. The Morgan fingerprint density at radius 1 is 1.19 bits per heavy atom. The quantitative estimate of drug-likeness (QED) is 0.531. The fraction of sp³-hybridized carbons (Fsp3) is 0.0714. The van der Waals surface area contributed by atoms with E-state index in [0.29, 0.717) is 27.0 Å². The molecule has 0 aromatic heterocycles. The third kappa shape index (κ3) is 3.68. The Hall–Kier alpha value is -1.27. The molecular weight excluding hydrogens is 377 g/mol. The van der Waals surface area contributed by atoms with E-state index in [2.05, 4.69) is 26.7 Å². The fourth-order valence-corrected chi connectivity index (χ4v) is 3.12. The van der Waals surface area contributed by atoms with E-state index in [9.17, 15) is 4.79 Å². The Morgan fingerprint density at radius 3 is 2.38 bits per heavy atom. The number of hydrogen-bond acceptors (Lipinski definition) is 3. The van der Waals surface area contributed by atoms with E-state index in [1.165, 1.54) is 0 Å². The van der Waals surface area contributed by atoms with Gasteiger partial charge in [-0.25, -0.2) is 0 Å². The number of nitrogens with two attached hydrogens (primary N) is 1. The molecule has 0 saturated heterocycles. The van der Waals surface area contributed by atoms with Gasteiger partial charge in [-0.3, -0.25) is 10.6 Å². The summed E-state index contributed by atoms with van der Waals surface area (Å²) in [6, 6.07) is 8.62. The van der Waals surface area contributed by atoms with Crippen LogP contribution in [0.5, 0.6) is 0 Å². The highest BCUT2D eigenvalue weighted by Crippen LogP contribution is 2.34. The molecule has 0 aliphatic carbocycles. The van der Waals surface area contributed by atoms with Crippen LogP contribution < -0.4 is 16.6 Å². The first-order valence-corrected chi connectivity index (χ1v) is 7.50. The van der Waals surface area contributed by atoms with Gasteiger partial charge in [0.25, 0.3) is 5.91 Å². The lowest BCUT2D eigenvalue weighted by atomic mass is 10.1. The number of benzene rings is 2. The Kier molecular flexibility index (Phi) is 5.11. The first kappa shape index (κ1) is 16.1. The van der Waals surface area contributed by atoms with Gasteiger partial charge in [-0.15, -0.1) is 0 Å². The minimum Gasteiger partial charge on any atom is -0.323 e. The minimum absolute atomic E-state index is 0.345. The van der Waals surface area contributed by atoms with Crippen molar-refractivity contribution >= 4 is 56.4 Å². The van der Waals surface area contributed by atoms with Gasteiger partial charge in [-0.1, -0.05) is 50.8 Å². The second-order valence-electron chi connectivity index (χ2n) is 4.39. The number of carbonyl (C=O) groups is 1. The zero-order valence-corrected chi connectivity index (χ0v) is 14.1. The number of halogens is 3. The van der Waals surface area contributed by atoms with Crippen LogP contribution in [-0.2, 0) is 0 Å². The van der Waals surface area contributed by atoms with Crippen molar-refractivity contribution < 1.29 is 4.79 Å². The van der Waals surface area contributed by atoms with Crippen molar-refractivity contribution in [3.63, 3.8) is 0 Å². The van der Waals surface area contributed by atoms with Gasteiger partial charge < -0.3 is 10.7 Å². The standard InChI is InChI=1S/C14H12BrCl2N3O/c1-7-2-3-12(20-18)9(4-7)14(21)19-13-10(16)5-8(15)6-11(13)17/h2-6,20H,18H2,1H3,(H,19,21). The van der Waals surface area contributed by atoms with Crippen LogP contribution in [0.1, 0.15) is 15.9 Å². The van der Waals surface area contributed by atoms with Crippen LogP contribution in [0, 0.1) is 6.92 Å². The van der Waals surface area contributed by atoms with Gasteiger partial charge in [-0.05, 0) is 31.2 Å². The zero-order chi connectivity index (χ0) is 15.6. The van der Waals surface area contributed by atoms with Crippen molar-refractivity contribution in [2.24, 2.45) is 5.84 Å². The van der Waals surface area contributed by atoms with E-state index in [1.54, 1.807) is 24.3 Å². The third-order valence-electron chi connectivity index (χ3n) is 2.82. The Labute approximate surface area is 140 Å². The van der Waals surface area contributed by atoms with E-state index in [1.807, 2.05) is 13.0 Å². The Bertz CT molecular complexity index is 684. The highest BCUT2D eigenvalue weighted by atomic mass is 79.9. The summed E-state index contributed by atoms with van der Waals surface area (Å²) in [6.45, 7) is 1.89. The van der Waals surface area contributed by atoms with Crippen molar-refractivity contribution in [3.05, 3.63) is 56.0 Å². The average Bonchev–Trinajstić information content (AvgIpc) is 2.42. The molecule has 0 aliphatic heterocycles. The molecule has 2 rings (SSSR count). The van der Waals surface area contributed by atoms with Gasteiger partial charge in [-0.2, -0.15) is 0 Å². The van der Waals surface area contributed by atoms with Crippen molar-refractivity contribution in [3.8, 4) is 0 Å². The lowest BCUT2D eigenvalue weighted by Gasteiger charge is -2.13. The predicted molar refractivity (Wildman–Crippen MR) is 91.1 cm³/mol. The van der Waals surface area contributed by atoms with Crippen LogP contribution in [-0.4, -0.2) is 5.91 Å². The number of amides is 1. The lowest BCUT2D eigenvalue weighted by Crippen LogP contribution is -2.17. The van der Waals surface area contributed by atoms with E-state index in [0.717, 1.165) is 10.0 Å². The first-order chi connectivity index (χ1) is 9.92. The van der Waals surface area contributed by atoms with Gasteiger partial charge in [0.1, 0.15) is 0 Å². The molecule has 1 amide bonds. The van der Waals surface area contributed by atoms with Crippen LogP contribution in [0.2, 0.25) is 10.0 Å². The SMILES string of the molecule is Cc1ccc(NN)c(C(=O)Nc2c(Cl)cc(Br)cc2Cl)c1. The van der Waals surface area contributed by atoms with Crippen LogP contribution in [0.25, 0.3) is 0 Å². The number of aryl methyl sites for hydroxylation is 1. The average molecular weight is 389 g/mol. The van der Waals surface area contributed by atoms with Crippen molar-refractivity contribution in [1.29, 1.82) is 0 Å². The number of carbonyl (C=O) groups excluding carboxylic acids is 1. The summed E-state index contributed by atoms with van der Waals surface area (Å²) in [5, 5.41) is 3.39. The maximum Gasteiger partial charge on any atom is 0.257 e. The molecule has 0 atom stereocenters. The molecule has 0 spiro atoms. The lowest BCUT2D eigenvalue weighted by molar-refractivity contribution is 0.102. The van der Waals surface area contributed by atoms with E-state index in [4.69, 9.17) is 29.0 Å². The summed E-state index contributed by atoms with van der Waals surface area (Å²) in [7, 11) is 0. The maximum atomic E-state index is 12.4. The molecule has 0 radical (unpaired) electrons. The van der Waals surface area contributed by atoms with Gasteiger partial charge >= 0.3 is 0 Å². The molecule has 7 heteroatoms. The molecule has 0 unspecified atom stereocenters. The molecule has 0 bridgehead atoms. The number of nitrogens with one attached hydrogen (secondary N) is 2. The van der Waals surface area contributed by atoms with Crippen LogP contribution >= 0.6 is 39.1 Å². The Balaban J connectivity index is 2.37. The van der Waals surface area contributed by atoms with Gasteiger partial charge in [0.15, 0.2) is 0 Å². The van der Waals surface area contributed by atoms with Crippen molar-refractivity contribution in [1.82, 2.24) is 0 Å². The summed E-state index contributed by atoms with van der Waals surface area (Å²) in [5.74, 6) is 5.07. The predicted octanol–water partition coefficient (Wildman–Crippen LogP) is 4.60. The molecule has 0 aliphatic rings. The number of rotatable bonds is 3. The summed E-state index contributed by atoms with van der Waals surface area (Å²) < 4.78 is 0.732. The molecule has 0 heterocycles. The highest BCUT2D eigenvalue weighted by Gasteiger charge is 2.15. The largest absolute Gasteiger partial charge is 0.323 e. The molecule has 4 nitrogen and oxygen atoms in total. The van der Waals surface area contributed by atoms with E-state index in [-0.39, 0.29) is 5.91 Å². The van der Waals surface area contributed by atoms with Crippen LogP contribution in [0.3, 0.4) is 0 Å². The molecule has 21 heavy (non-hydrogen) atoms. The van der Waals surface area contributed by atoms with Crippen LogP contribution in [0.15, 0.2) is 34.8 Å². The third-order valence-corrected chi connectivity index (χ3v) is 3.87. The molecule has 2 aromatic carbocycles. The monoisotopic (exact) mass is 387 g/mol. The van der Waals surface area contributed by atoms with Gasteiger partial charge in [0.2, 0.25) is 0 Å². The summed E-state index contributed by atoms with van der Waals surface area (Å²) in [6.07, 6.45) is 0. The zero-order valence-electron chi connectivity index (χ0n) is 11.0. The number of nitrogen functional groups attached to an aromatic ring is 1. The highest BCUT2D eigenvalue weighted by molar-refractivity contribution is 9.10. The molecule has 0 fully saturated rings. The summed E-state index contributed by atoms with van der Waals surface area (Å²) >= 11 is 15.5. The topological polar surface area (TPSA) is 67.1 Å². The second kappa shape index (κ2) is 6.66. The number of hydrogen-bond donors (Lipinski definition) is 3. The number of anilines is 2. The molecule has 4 N–H and O–H groups in total. The Morgan fingerprint density at radius 2 is 1.81 bits per heavy atom. The first-order valence-electron chi connectivity index (χ1n) is 5.95. The molecular formula is C14H12BrCl2N3O. The van der Waals surface area contributed by atoms with Crippen molar-refractivity contribution in [2.45, 2.75) is 6.92 Å². The smallest absolute Gasteiger partial charge is 0.257 e.